The molecule has 4 nitrogen and oxygen atoms in total. The van der Waals surface area contributed by atoms with Crippen molar-refractivity contribution in [2.24, 2.45) is 0 Å². The number of aliphatic hydroxyl groups is 1. The summed E-state index contributed by atoms with van der Waals surface area (Å²) in [5, 5.41) is 16.9. The Balaban J connectivity index is 1.82. The molecule has 2 rings (SSSR count). The first kappa shape index (κ1) is 17.4. The van der Waals surface area contributed by atoms with E-state index in [0.717, 1.165) is 17.0 Å². The number of thiophene rings is 1. The van der Waals surface area contributed by atoms with Crippen LogP contribution in [0.25, 0.3) is 0 Å². The van der Waals surface area contributed by atoms with Crippen LogP contribution in [-0.2, 0) is 6.42 Å². The number of urea groups is 1. The van der Waals surface area contributed by atoms with E-state index in [-0.39, 0.29) is 12.6 Å². The van der Waals surface area contributed by atoms with Gasteiger partial charge >= 0.3 is 6.03 Å². The Labute approximate surface area is 137 Å². The van der Waals surface area contributed by atoms with Gasteiger partial charge in [0.1, 0.15) is 17.7 Å². The molecule has 0 aliphatic rings. The Morgan fingerprint density at radius 2 is 1.96 bits per heavy atom. The van der Waals surface area contributed by atoms with Crippen molar-refractivity contribution in [3.8, 4) is 0 Å². The highest BCUT2D eigenvalue weighted by Crippen LogP contribution is 2.19. The second kappa shape index (κ2) is 8.03. The Kier molecular flexibility index (Phi) is 6.06. The van der Waals surface area contributed by atoms with Crippen LogP contribution in [0.1, 0.15) is 23.5 Å². The number of nitrogens with one attached hydrogen (secondary N) is 2. The summed E-state index contributed by atoms with van der Waals surface area (Å²) < 4.78 is 27.0. The Morgan fingerprint density at radius 3 is 2.57 bits per heavy atom. The first-order chi connectivity index (χ1) is 11.0. The normalized spacial score (nSPS) is 13.4. The Hall–Kier alpha value is -1.99. The number of halogens is 2. The van der Waals surface area contributed by atoms with Gasteiger partial charge in [0.15, 0.2) is 0 Å². The zero-order chi connectivity index (χ0) is 16.8. The van der Waals surface area contributed by atoms with Crippen LogP contribution < -0.4 is 10.6 Å². The molecule has 0 saturated carbocycles. The van der Waals surface area contributed by atoms with Gasteiger partial charge in [0.2, 0.25) is 0 Å². The van der Waals surface area contributed by atoms with Gasteiger partial charge in [-0.25, -0.2) is 13.6 Å². The maximum Gasteiger partial charge on any atom is 0.315 e. The van der Waals surface area contributed by atoms with Crippen LogP contribution in [0.15, 0.2) is 35.7 Å². The molecule has 2 aromatic rings. The lowest BCUT2D eigenvalue weighted by atomic mass is 10.1. The molecule has 0 fully saturated rings. The van der Waals surface area contributed by atoms with Gasteiger partial charge in [-0.3, -0.25) is 0 Å². The van der Waals surface area contributed by atoms with E-state index >= 15 is 0 Å². The first-order valence-corrected chi connectivity index (χ1v) is 8.04. The maximum atomic E-state index is 13.5. The topological polar surface area (TPSA) is 61.4 Å². The Morgan fingerprint density at radius 1 is 1.26 bits per heavy atom. The molecule has 1 heterocycles. The summed E-state index contributed by atoms with van der Waals surface area (Å²) in [6, 6.07) is 6.65. The van der Waals surface area contributed by atoms with Gasteiger partial charge in [-0.15, -0.1) is 11.3 Å². The molecule has 1 aromatic heterocycles. The van der Waals surface area contributed by atoms with Crippen LogP contribution in [0, 0.1) is 11.6 Å². The van der Waals surface area contributed by atoms with E-state index in [1.807, 2.05) is 24.4 Å². The quantitative estimate of drug-likeness (QED) is 0.757. The zero-order valence-electron chi connectivity index (χ0n) is 12.6. The van der Waals surface area contributed by atoms with Crippen molar-refractivity contribution in [1.82, 2.24) is 10.6 Å². The highest BCUT2D eigenvalue weighted by molar-refractivity contribution is 7.09. The summed E-state index contributed by atoms with van der Waals surface area (Å²) >= 11 is 1.60. The Bertz CT molecular complexity index is 629. The minimum Gasteiger partial charge on any atom is -0.386 e. The third kappa shape index (κ3) is 5.01. The molecule has 1 aromatic carbocycles. The van der Waals surface area contributed by atoms with Crippen molar-refractivity contribution >= 4 is 17.4 Å². The fourth-order valence-electron chi connectivity index (χ4n) is 2.18. The molecule has 2 unspecified atom stereocenters. The van der Waals surface area contributed by atoms with E-state index in [1.54, 1.807) is 11.3 Å². The number of aliphatic hydroxyl groups excluding tert-OH is 1. The number of carbonyl (C=O) groups excluding carboxylic acids is 1. The van der Waals surface area contributed by atoms with E-state index in [2.05, 4.69) is 10.6 Å². The minimum atomic E-state index is -1.45. The van der Waals surface area contributed by atoms with Gasteiger partial charge < -0.3 is 15.7 Å². The molecule has 0 saturated heterocycles. The summed E-state index contributed by atoms with van der Waals surface area (Å²) in [6.07, 6.45) is -0.759. The summed E-state index contributed by atoms with van der Waals surface area (Å²) in [4.78, 5) is 12.9. The first-order valence-electron chi connectivity index (χ1n) is 7.16. The third-order valence-corrected chi connectivity index (χ3v) is 4.15. The molecule has 3 N–H and O–H groups in total. The van der Waals surface area contributed by atoms with Crippen molar-refractivity contribution in [2.45, 2.75) is 25.5 Å². The van der Waals surface area contributed by atoms with Gasteiger partial charge in [-0.2, -0.15) is 0 Å². The summed E-state index contributed by atoms with van der Waals surface area (Å²) in [7, 11) is 0. The lowest BCUT2D eigenvalue weighted by Crippen LogP contribution is -2.43. The van der Waals surface area contributed by atoms with Crippen molar-refractivity contribution in [1.29, 1.82) is 0 Å². The van der Waals surface area contributed by atoms with Gasteiger partial charge in [-0.05, 0) is 30.5 Å². The molecule has 0 aliphatic heterocycles. The number of hydrogen-bond acceptors (Lipinski definition) is 3. The molecule has 124 valence electrons. The average Bonchev–Trinajstić information content (AvgIpc) is 2.97. The number of hydrogen-bond donors (Lipinski definition) is 3. The molecular weight excluding hydrogens is 322 g/mol. The monoisotopic (exact) mass is 340 g/mol. The predicted molar refractivity (Wildman–Crippen MR) is 85.3 cm³/mol. The largest absolute Gasteiger partial charge is 0.386 e. The van der Waals surface area contributed by atoms with Crippen LogP contribution in [-0.4, -0.2) is 23.7 Å². The molecule has 0 radical (unpaired) electrons. The molecule has 0 bridgehead atoms. The molecular formula is C16H18F2N2O2S. The van der Waals surface area contributed by atoms with Gasteiger partial charge in [0.05, 0.1) is 5.56 Å². The third-order valence-electron chi connectivity index (χ3n) is 3.25. The summed E-state index contributed by atoms with van der Waals surface area (Å²) in [6.45, 7) is 1.57. The van der Waals surface area contributed by atoms with Crippen LogP contribution in [0.2, 0.25) is 0 Å². The van der Waals surface area contributed by atoms with Crippen molar-refractivity contribution < 1.29 is 18.7 Å². The highest BCUT2D eigenvalue weighted by Gasteiger charge is 2.18. The van der Waals surface area contributed by atoms with Gasteiger partial charge in [0.25, 0.3) is 0 Å². The second-order valence-electron chi connectivity index (χ2n) is 5.19. The van der Waals surface area contributed by atoms with E-state index in [1.165, 1.54) is 6.07 Å². The van der Waals surface area contributed by atoms with E-state index in [0.29, 0.717) is 6.42 Å². The number of rotatable bonds is 6. The highest BCUT2D eigenvalue weighted by atomic mass is 32.1. The van der Waals surface area contributed by atoms with Crippen molar-refractivity contribution in [3.63, 3.8) is 0 Å². The number of benzene rings is 1. The number of carbonyl (C=O) groups is 1. The molecule has 0 spiro atoms. The van der Waals surface area contributed by atoms with Crippen LogP contribution >= 0.6 is 11.3 Å². The fraction of sp³-hybridized carbons (Fsp3) is 0.312. The average molecular weight is 340 g/mol. The van der Waals surface area contributed by atoms with Gasteiger partial charge in [-0.1, -0.05) is 12.1 Å². The van der Waals surface area contributed by atoms with Gasteiger partial charge in [0, 0.05) is 23.9 Å². The van der Waals surface area contributed by atoms with Crippen molar-refractivity contribution in [2.75, 3.05) is 6.54 Å². The lowest BCUT2D eigenvalue weighted by molar-refractivity contribution is 0.164. The molecule has 7 heteroatoms. The lowest BCUT2D eigenvalue weighted by Gasteiger charge is -2.17. The maximum absolute atomic E-state index is 13.5. The van der Waals surface area contributed by atoms with Crippen molar-refractivity contribution in [3.05, 3.63) is 57.8 Å². The molecule has 2 atom stereocenters. The van der Waals surface area contributed by atoms with Crippen LogP contribution in [0.5, 0.6) is 0 Å². The fourth-order valence-corrected chi connectivity index (χ4v) is 3.01. The molecule has 2 amide bonds. The molecule has 0 aliphatic carbocycles. The summed E-state index contributed by atoms with van der Waals surface area (Å²) in [5.74, 6) is -1.68. The van der Waals surface area contributed by atoms with E-state index < -0.39 is 29.3 Å². The number of amides is 2. The van der Waals surface area contributed by atoms with E-state index in [9.17, 15) is 18.7 Å². The zero-order valence-corrected chi connectivity index (χ0v) is 13.4. The summed E-state index contributed by atoms with van der Waals surface area (Å²) in [5.41, 5.74) is -0.445. The molecule has 23 heavy (non-hydrogen) atoms. The predicted octanol–water partition coefficient (Wildman–Crippen LogP) is 2.99. The standard InChI is InChI=1S/C16H18F2N2O2S/c1-10(8-11-4-3-7-23-11)20-16(22)19-9-14(21)15-12(17)5-2-6-13(15)18/h2-7,10,14,21H,8-9H2,1H3,(H2,19,20,22). The second-order valence-corrected chi connectivity index (χ2v) is 6.22. The van der Waals surface area contributed by atoms with Crippen LogP contribution in [0.4, 0.5) is 13.6 Å². The minimum absolute atomic E-state index is 0.101. The van der Waals surface area contributed by atoms with E-state index in [4.69, 9.17) is 0 Å². The smallest absolute Gasteiger partial charge is 0.315 e. The SMILES string of the molecule is CC(Cc1cccs1)NC(=O)NCC(O)c1c(F)cccc1F. The van der Waals surface area contributed by atoms with Crippen LogP contribution in [0.3, 0.4) is 0 Å².